The Labute approximate surface area is 276 Å². The van der Waals surface area contributed by atoms with Gasteiger partial charge in [0.25, 0.3) is 5.91 Å². The van der Waals surface area contributed by atoms with Crippen molar-refractivity contribution < 1.29 is 9.18 Å². The van der Waals surface area contributed by atoms with Crippen molar-refractivity contribution in [2.24, 2.45) is 15.4 Å². The van der Waals surface area contributed by atoms with Crippen LogP contribution in [-0.2, 0) is 6.54 Å². The summed E-state index contributed by atoms with van der Waals surface area (Å²) in [5, 5.41) is 3.14. The van der Waals surface area contributed by atoms with Gasteiger partial charge in [0.05, 0.1) is 17.0 Å². The molecule has 46 heavy (non-hydrogen) atoms. The molecule has 0 bridgehead atoms. The van der Waals surface area contributed by atoms with Crippen molar-refractivity contribution in [1.29, 1.82) is 0 Å². The lowest BCUT2D eigenvalue weighted by atomic mass is 9.87. The highest BCUT2D eigenvalue weighted by molar-refractivity contribution is 6.21. The fourth-order valence-corrected chi connectivity index (χ4v) is 5.98. The molecule has 0 aliphatic rings. The van der Waals surface area contributed by atoms with E-state index in [1.165, 1.54) is 17.7 Å². The number of aliphatic imine (C=N–C) groups is 2. The molecule has 2 aromatic carbocycles. The normalized spacial score (nSPS) is 12.2. The first kappa shape index (κ1) is 36.4. The van der Waals surface area contributed by atoms with Gasteiger partial charge in [-0.25, -0.2) is 4.39 Å². The molecule has 1 heterocycles. The second-order valence-corrected chi connectivity index (χ2v) is 13.5. The predicted octanol–water partition coefficient (Wildman–Crippen LogP) is 11.0. The van der Waals surface area contributed by atoms with Crippen LogP contribution < -0.4 is 5.32 Å². The predicted molar refractivity (Wildman–Crippen MR) is 195 cm³/mol. The molecule has 0 aliphatic heterocycles. The summed E-state index contributed by atoms with van der Waals surface area (Å²) in [6, 6.07) is 16.0. The van der Waals surface area contributed by atoms with Crippen LogP contribution in [0.25, 0.3) is 11.3 Å². The molecular weight excluding hydrogens is 571 g/mol. The number of halogens is 1. The van der Waals surface area contributed by atoms with Crippen LogP contribution in [0.1, 0.15) is 114 Å². The smallest absolute Gasteiger partial charge is 0.258 e. The van der Waals surface area contributed by atoms with Crippen molar-refractivity contribution in [3.05, 3.63) is 102 Å². The van der Waals surface area contributed by atoms with Crippen molar-refractivity contribution in [2.75, 3.05) is 11.9 Å². The Morgan fingerprint density at radius 3 is 2.28 bits per heavy atom. The molecule has 3 rings (SSSR count). The van der Waals surface area contributed by atoms with Gasteiger partial charge in [-0.1, -0.05) is 84.7 Å². The molecule has 1 aromatic heterocycles. The van der Waals surface area contributed by atoms with E-state index in [2.05, 4.69) is 69.7 Å². The number of amides is 1. The Morgan fingerprint density at radius 1 is 1.00 bits per heavy atom. The van der Waals surface area contributed by atoms with E-state index < -0.39 is 0 Å². The lowest BCUT2D eigenvalue weighted by Crippen LogP contribution is -2.18. The molecule has 3 aromatic rings. The van der Waals surface area contributed by atoms with E-state index in [-0.39, 0.29) is 23.1 Å². The third-order valence-corrected chi connectivity index (χ3v) is 7.77. The number of nitrogens with one attached hydrogen (secondary N) is 1. The highest BCUT2D eigenvalue weighted by atomic mass is 19.1. The van der Waals surface area contributed by atoms with Crippen LogP contribution in [0.2, 0.25) is 0 Å². The second kappa shape index (κ2) is 17.6. The molecule has 1 amide bonds. The van der Waals surface area contributed by atoms with E-state index in [0.29, 0.717) is 23.5 Å². The van der Waals surface area contributed by atoms with E-state index in [1.807, 2.05) is 36.4 Å². The van der Waals surface area contributed by atoms with Crippen molar-refractivity contribution in [3.8, 4) is 11.3 Å². The number of aromatic nitrogens is 1. The summed E-state index contributed by atoms with van der Waals surface area (Å²) in [5.74, 6) is -0.481. The van der Waals surface area contributed by atoms with Crippen LogP contribution in [0.5, 0.6) is 0 Å². The number of allylic oxidation sites excluding steroid dienone is 2. The lowest BCUT2D eigenvalue weighted by molar-refractivity contribution is 0.102. The van der Waals surface area contributed by atoms with Crippen molar-refractivity contribution >= 4 is 24.0 Å². The summed E-state index contributed by atoms with van der Waals surface area (Å²) >= 11 is 0. The molecule has 0 aliphatic carbocycles. The Balaban J connectivity index is 2.14. The van der Waals surface area contributed by atoms with Crippen LogP contribution in [0, 0.1) is 11.2 Å². The van der Waals surface area contributed by atoms with Gasteiger partial charge in [0, 0.05) is 36.2 Å². The Kier molecular flexibility index (Phi) is 13.9. The Bertz CT molecular complexity index is 1510. The number of nitrogens with zero attached hydrogens (tertiary/aromatic N) is 3. The highest BCUT2D eigenvalue weighted by Crippen LogP contribution is 2.38. The number of hydrogen-bond acceptors (Lipinski definition) is 3. The van der Waals surface area contributed by atoms with Gasteiger partial charge in [0.15, 0.2) is 0 Å². The standard InChI is InChI=1S/C40H53FN4O/c1-9-25-43-34(24-26-42-8)35-36(39(46)44-33-18-14-12-15-19-33)37(29(2)3)45(38(35)31-20-22-32(41)23-21-31)27-16-11-10-13-17-30(4)28-40(5,6)7/h12,14-15,18-24,26,29H,4,8-11,13,16-17,25,27-28H2,1-3,5-7H3,(H,44,46)/b26-24-,43-34?. The quantitative estimate of drug-likeness (QED) is 0.0906. The minimum Gasteiger partial charge on any atom is -0.343 e. The Morgan fingerprint density at radius 2 is 1.67 bits per heavy atom. The van der Waals surface area contributed by atoms with Gasteiger partial charge in [-0.15, -0.1) is 0 Å². The van der Waals surface area contributed by atoms with Gasteiger partial charge in [-0.05, 0) is 98.2 Å². The molecule has 0 radical (unpaired) electrons. The molecule has 246 valence electrons. The number of para-hydroxylation sites is 1. The maximum absolute atomic E-state index is 14.3. The largest absolute Gasteiger partial charge is 0.343 e. The first-order valence-electron chi connectivity index (χ1n) is 16.7. The molecule has 0 fully saturated rings. The molecule has 1 N–H and O–H groups in total. The number of anilines is 1. The van der Waals surface area contributed by atoms with Gasteiger partial charge in [-0.3, -0.25) is 14.8 Å². The zero-order chi connectivity index (χ0) is 33.7. The fraction of sp³-hybridized carbons (Fsp3) is 0.425. The van der Waals surface area contributed by atoms with Crippen molar-refractivity contribution in [2.45, 2.75) is 99.0 Å². The SMILES string of the molecule is C=N/C=C\C(=NCCC)c1c(C(=O)Nc2ccccc2)c(C(C)C)n(CCCCCCC(=C)CC(C)(C)C)c1-c1ccc(F)cc1. The maximum atomic E-state index is 14.3. The van der Waals surface area contributed by atoms with Crippen LogP contribution >= 0.6 is 0 Å². The van der Waals surface area contributed by atoms with Gasteiger partial charge < -0.3 is 9.88 Å². The van der Waals surface area contributed by atoms with Crippen molar-refractivity contribution in [3.63, 3.8) is 0 Å². The summed E-state index contributed by atoms with van der Waals surface area (Å²) in [4.78, 5) is 23.2. The number of carbonyl (C=O) groups excluding carboxylic acids is 1. The number of benzene rings is 2. The first-order valence-corrected chi connectivity index (χ1v) is 16.7. The summed E-state index contributed by atoms with van der Waals surface area (Å²) in [7, 11) is 0. The highest BCUT2D eigenvalue weighted by Gasteiger charge is 2.31. The van der Waals surface area contributed by atoms with E-state index in [4.69, 9.17) is 4.99 Å². The fourth-order valence-electron chi connectivity index (χ4n) is 5.98. The van der Waals surface area contributed by atoms with Crippen molar-refractivity contribution in [1.82, 2.24) is 4.57 Å². The van der Waals surface area contributed by atoms with Gasteiger partial charge in [0.2, 0.25) is 0 Å². The summed E-state index contributed by atoms with van der Waals surface area (Å²) in [6.07, 6.45) is 10.6. The number of rotatable bonds is 17. The van der Waals surface area contributed by atoms with Gasteiger partial charge in [-0.2, -0.15) is 0 Å². The van der Waals surface area contributed by atoms with E-state index >= 15 is 0 Å². The van der Waals surface area contributed by atoms with Crippen LogP contribution in [0.4, 0.5) is 10.1 Å². The Hall–Kier alpha value is -4.06. The van der Waals surface area contributed by atoms with Gasteiger partial charge in [0.1, 0.15) is 5.82 Å². The molecule has 0 saturated carbocycles. The average Bonchev–Trinajstić information content (AvgIpc) is 3.34. The molecule has 6 heteroatoms. The molecular formula is C40H53FN4O. The molecule has 0 atom stereocenters. The summed E-state index contributed by atoms with van der Waals surface area (Å²) < 4.78 is 16.5. The minimum atomic E-state index is -0.307. The van der Waals surface area contributed by atoms with Crippen LogP contribution in [-0.4, -0.2) is 29.4 Å². The zero-order valence-corrected chi connectivity index (χ0v) is 28.8. The van der Waals surface area contributed by atoms with E-state index in [9.17, 15) is 9.18 Å². The number of hydrogen-bond donors (Lipinski definition) is 1. The number of carbonyl (C=O) groups is 1. The third kappa shape index (κ3) is 10.5. The lowest BCUT2D eigenvalue weighted by Gasteiger charge is -2.19. The monoisotopic (exact) mass is 624 g/mol. The van der Waals surface area contributed by atoms with Crippen LogP contribution in [0.3, 0.4) is 0 Å². The van der Waals surface area contributed by atoms with Crippen LogP contribution in [0.15, 0.2) is 89.0 Å². The number of unbranched alkanes of at least 4 members (excludes halogenated alkanes) is 3. The second-order valence-electron chi connectivity index (χ2n) is 13.5. The molecule has 0 saturated heterocycles. The topological polar surface area (TPSA) is 58.8 Å². The zero-order valence-electron chi connectivity index (χ0n) is 28.8. The molecule has 0 unspecified atom stereocenters. The molecule has 5 nitrogen and oxygen atoms in total. The van der Waals surface area contributed by atoms with Gasteiger partial charge >= 0.3 is 0 Å². The average molecular weight is 625 g/mol. The maximum Gasteiger partial charge on any atom is 0.258 e. The third-order valence-electron chi connectivity index (χ3n) is 7.77. The summed E-state index contributed by atoms with van der Waals surface area (Å²) in [6.45, 7) is 22.3. The summed E-state index contributed by atoms with van der Waals surface area (Å²) in [5.41, 5.74) is 6.90. The molecule has 0 spiro atoms. The first-order chi connectivity index (χ1) is 22.0. The van der Waals surface area contributed by atoms with E-state index in [0.717, 1.165) is 74.0 Å². The van der Waals surface area contributed by atoms with E-state index in [1.54, 1.807) is 18.3 Å². The minimum absolute atomic E-state index is 0.0270.